The maximum Gasteiger partial charge on any atom is 0.251 e. The standard InChI is InChI=1S/C12H10BrFN2O/c1-2-10-6-11(17)16-12(15-10)7-3-8(13)5-9(14)4-7/h3-6H,2H2,1H3,(H,15,16,17). The van der Waals surface area contributed by atoms with Crippen molar-refractivity contribution in [1.29, 1.82) is 0 Å². The predicted octanol–water partition coefficient (Wildman–Crippen LogP) is 2.90. The first-order chi connectivity index (χ1) is 8.08. The summed E-state index contributed by atoms with van der Waals surface area (Å²) in [5, 5.41) is 0. The van der Waals surface area contributed by atoms with Crippen LogP contribution in [0.25, 0.3) is 11.4 Å². The second-order valence-corrected chi connectivity index (χ2v) is 4.51. The molecule has 1 heterocycles. The SMILES string of the molecule is CCc1cc(=O)[nH]c(-c2cc(F)cc(Br)c2)n1. The largest absolute Gasteiger partial charge is 0.307 e. The molecule has 0 saturated heterocycles. The highest BCUT2D eigenvalue weighted by Crippen LogP contribution is 2.21. The molecule has 88 valence electrons. The highest BCUT2D eigenvalue weighted by Gasteiger charge is 2.06. The average molecular weight is 297 g/mol. The number of halogens is 2. The van der Waals surface area contributed by atoms with Gasteiger partial charge in [0.1, 0.15) is 11.6 Å². The van der Waals surface area contributed by atoms with Crippen molar-refractivity contribution >= 4 is 15.9 Å². The first-order valence-electron chi connectivity index (χ1n) is 5.15. The summed E-state index contributed by atoms with van der Waals surface area (Å²) in [7, 11) is 0. The molecule has 17 heavy (non-hydrogen) atoms. The minimum Gasteiger partial charge on any atom is -0.307 e. The van der Waals surface area contributed by atoms with Gasteiger partial charge in [0.05, 0.1) is 0 Å². The third-order valence-electron chi connectivity index (χ3n) is 2.29. The van der Waals surface area contributed by atoms with Crippen molar-refractivity contribution in [3.63, 3.8) is 0 Å². The van der Waals surface area contributed by atoms with Gasteiger partial charge in [0, 0.05) is 21.8 Å². The molecule has 1 aromatic carbocycles. The molecule has 0 radical (unpaired) electrons. The summed E-state index contributed by atoms with van der Waals surface area (Å²) in [5.41, 5.74) is 1.00. The number of aryl methyl sites for hydroxylation is 1. The van der Waals surface area contributed by atoms with Gasteiger partial charge < -0.3 is 4.98 Å². The molecular weight excluding hydrogens is 287 g/mol. The van der Waals surface area contributed by atoms with Gasteiger partial charge in [0.25, 0.3) is 5.56 Å². The van der Waals surface area contributed by atoms with Crippen molar-refractivity contribution in [1.82, 2.24) is 9.97 Å². The molecule has 1 aromatic heterocycles. The number of nitrogens with zero attached hydrogens (tertiary/aromatic N) is 1. The van der Waals surface area contributed by atoms with E-state index in [1.165, 1.54) is 18.2 Å². The van der Waals surface area contributed by atoms with Gasteiger partial charge in [-0.1, -0.05) is 22.9 Å². The van der Waals surface area contributed by atoms with E-state index in [-0.39, 0.29) is 11.4 Å². The van der Waals surface area contributed by atoms with Crippen molar-refractivity contribution < 1.29 is 4.39 Å². The van der Waals surface area contributed by atoms with E-state index in [4.69, 9.17) is 0 Å². The molecule has 0 saturated carbocycles. The van der Waals surface area contributed by atoms with Crippen LogP contribution in [0.2, 0.25) is 0 Å². The molecule has 0 spiro atoms. The van der Waals surface area contributed by atoms with Gasteiger partial charge in [-0.05, 0) is 24.6 Å². The Morgan fingerprint density at radius 1 is 1.35 bits per heavy atom. The summed E-state index contributed by atoms with van der Waals surface area (Å²) in [6.45, 7) is 1.91. The summed E-state index contributed by atoms with van der Waals surface area (Å²) in [4.78, 5) is 18.3. The zero-order valence-electron chi connectivity index (χ0n) is 9.13. The Morgan fingerprint density at radius 2 is 2.12 bits per heavy atom. The third-order valence-corrected chi connectivity index (χ3v) is 2.75. The van der Waals surface area contributed by atoms with Crippen molar-refractivity contribution in [2.75, 3.05) is 0 Å². The second-order valence-electron chi connectivity index (χ2n) is 3.60. The van der Waals surface area contributed by atoms with Gasteiger partial charge in [0.15, 0.2) is 0 Å². The van der Waals surface area contributed by atoms with Crippen LogP contribution in [0.1, 0.15) is 12.6 Å². The molecule has 0 atom stereocenters. The summed E-state index contributed by atoms with van der Waals surface area (Å²) < 4.78 is 13.9. The van der Waals surface area contributed by atoms with Crippen molar-refractivity contribution in [3.8, 4) is 11.4 Å². The molecular formula is C12H10BrFN2O. The number of benzene rings is 1. The predicted molar refractivity (Wildman–Crippen MR) is 67.3 cm³/mol. The average Bonchev–Trinajstić information content (AvgIpc) is 2.26. The highest BCUT2D eigenvalue weighted by molar-refractivity contribution is 9.10. The van der Waals surface area contributed by atoms with E-state index in [1.54, 1.807) is 6.07 Å². The van der Waals surface area contributed by atoms with Crippen LogP contribution in [0.5, 0.6) is 0 Å². The first-order valence-corrected chi connectivity index (χ1v) is 5.94. The Bertz CT molecular complexity index is 589. The Balaban J connectivity index is 2.59. The van der Waals surface area contributed by atoms with Crippen LogP contribution >= 0.6 is 15.9 Å². The number of nitrogens with one attached hydrogen (secondary N) is 1. The summed E-state index contributed by atoms with van der Waals surface area (Å²) >= 11 is 3.20. The summed E-state index contributed by atoms with van der Waals surface area (Å²) in [6, 6.07) is 5.84. The molecule has 1 N–H and O–H groups in total. The first kappa shape index (κ1) is 12.0. The van der Waals surface area contributed by atoms with E-state index in [2.05, 4.69) is 25.9 Å². The van der Waals surface area contributed by atoms with Gasteiger partial charge in [-0.2, -0.15) is 0 Å². The lowest BCUT2D eigenvalue weighted by Crippen LogP contribution is -2.10. The maximum absolute atomic E-state index is 13.2. The molecule has 0 amide bonds. The second kappa shape index (κ2) is 4.79. The lowest BCUT2D eigenvalue weighted by Gasteiger charge is -2.04. The molecule has 0 unspecified atom stereocenters. The molecule has 0 aliphatic rings. The zero-order chi connectivity index (χ0) is 12.4. The van der Waals surface area contributed by atoms with Crippen LogP contribution in [0.4, 0.5) is 4.39 Å². The van der Waals surface area contributed by atoms with Crippen LogP contribution in [0.3, 0.4) is 0 Å². The van der Waals surface area contributed by atoms with E-state index in [1.807, 2.05) is 6.92 Å². The van der Waals surface area contributed by atoms with Crippen molar-refractivity contribution in [2.45, 2.75) is 13.3 Å². The fourth-order valence-corrected chi connectivity index (χ4v) is 1.98. The molecule has 2 aromatic rings. The number of H-pyrrole nitrogens is 1. The number of aromatic amines is 1. The summed E-state index contributed by atoms with van der Waals surface area (Å²) in [6.07, 6.45) is 0.660. The number of rotatable bonds is 2. The Kier molecular flexibility index (Phi) is 3.38. The van der Waals surface area contributed by atoms with Gasteiger partial charge in [-0.3, -0.25) is 4.79 Å². The molecule has 0 bridgehead atoms. The number of hydrogen-bond acceptors (Lipinski definition) is 2. The lowest BCUT2D eigenvalue weighted by atomic mass is 10.2. The van der Waals surface area contributed by atoms with Crippen LogP contribution < -0.4 is 5.56 Å². The van der Waals surface area contributed by atoms with Crippen LogP contribution in [0.15, 0.2) is 33.5 Å². The van der Waals surface area contributed by atoms with Crippen LogP contribution in [0, 0.1) is 5.82 Å². The molecule has 3 nitrogen and oxygen atoms in total. The molecule has 2 rings (SSSR count). The molecule has 0 fully saturated rings. The minimum atomic E-state index is -0.376. The zero-order valence-corrected chi connectivity index (χ0v) is 10.7. The van der Waals surface area contributed by atoms with Gasteiger partial charge in [-0.15, -0.1) is 0 Å². The fourth-order valence-electron chi connectivity index (χ4n) is 1.52. The van der Waals surface area contributed by atoms with E-state index in [9.17, 15) is 9.18 Å². The van der Waals surface area contributed by atoms with E-state index in [0.29, 0.717) is 28.0 Å². The minimum absolute atomic E-state index is 0.229. The van der Waals surface area contributed by atoms with E-state index < -0.39 is 0 Å². The third kappa shape index (κ3) is 2.79. The maximum atomic E-state index is 13.2. The van der Waals surface area contributed by atoms with Crippen molar-refractivity contribution in [2.24, 2.45) is 0 Å². The molecule has 5 heteroatoms. The van der Waals surface area contributed by atoms with Crippen molar-refractivity contribution in [3.05, 3.63) is 50.6 Å². The lowest BCUT2D eigenvalue weighted by molar-refractivity contribution is 0.627. The highest BCUT2D eigenvalue weighted by atomic mass is 79.9. The van der Waals surface area contributed by atoms with Gasteiger partial charge in [0.2, 0.25) is 0 Å². The fraction of sp³-hybridized carbons (Fsp3) is 0.167. The summed E-state index contributed by atoms with van der Waals surface area (Å²) in [5.74, 6) is 0.00785. The topological polar surface area (TPSA) is 45.8 Å². The Hall–Kier alpha value is -1.49. The monoisotopic (exact) mass is 296 g/mol. The van der Waals surface area contributed by atoms with Gasteiger partial charge in [-0.25, -0.2) is 9.37 Å². The normalized spacial score (nSPS) is 10.5. The molecule has 0 aliphatic heterocycles. The quantitative estimate of drug-likeness (QED) is 0.926. The Labute approximate surface area is 106 Å². The Morgan fingerprint density at radius 3 is 2.76 bits per heavy atom. The number of aromatic nitrogens is 2. The van der Waals surface area contributed by atoms with Gasteiger partial charge >= 0.3 is 0 Å². The number of hydrogen-bond donors (Lipinski definition) is 1. The van der Waals surface area contributed by atoms with E-state index >= 15 is 0 Å². The van der Waals surface area contributed by atoms with E-state index in [0.717, 1.165) is 0 Å². The van der Waals surface area contributed by atoms with Crippen LogP contribution in [-0.2, 0) is 6.42 Å². The van der Waals surface area contributed by atoms with Crippen LogP contribution in [-0.4, -0.2) is 9.97 Å². The smallest absolute Gasteiger partial charge is 0.251 e. The molecule has 0 aliphatic carbocycles.